The fourth-order valence-electron chi connectivity index (χ4n) is 5.55. The number of nitrogens with zero attached hydrogens (tertiary/aromatic N) is 6. The molecule has 1 fully saturated rings. The summed E-state index contributed by atoms with van der Waals surface area (Å²) in [5.74, 6) is 0.803. The van der Waals surface area contributed by atoms with Crippen molar-refractivity contribution in [2.75, 3.05) is 44.8 Å². The van der Waals surface area contributed by atoms with Gasteiger partial charge < -0.3 is 20.9 Å². The van der Waals surface area contributed by atoms with Gasteiger partial charge in [0.2, 0.25) is 11.9 Å². The maximum absolute atomic E-state index is 14.9. The molecule has 0 unspecified atom stereocenters. The minimum Gasteiger partial charge on any atom is -0.398 e. The fourth-order valence-corrected chi connectivity index (χ4v) is 5.55. The molecule has 1 aromatic carbocycles. The van der Waals surface area contributed by atoms with Gasteiger partial charge in [0.15, 0.2) is 5.82 Å². The van der Waals surface area contributed by atoms with E-state index < -0.39 is 5.82 Å². The standard InChI is InChI=1S/C30H37FN8O/c1-18(2)27(33-3)22-15-20(5-7-24(22)32)28-23(31)16-34-30(37-28)36-26-8-6-21-17-39(14-11-25(21)35-26)29(40)19-9-12-38(4)13-10-19/h5-8,15-16,18-19H,9-14,17,32H2,1-4H3,(H,34,35,36,37). The van der Waals surface area contributed by atoms with Crippen LogP contribution in [0, 0.1) is 17.7 Å². The van der Waals surface area contributed by atoms with E-state index in [0.717, 1.165) is 54.7 Å². The van der Waals surface area contributed by atoms with Crippen molar-refractivity contribution in [3.63, 3.8) is 0 Å². The molecule has 1 saturated heterocycles. The maximum atomic E-state index is 14.9. The average molecular weight is 545 g/mol. The van der Waals surface area contributed by atoms with Crippen molar-refractivity contribution in [1.82, 2.24) is 24.8 Å². The molecule has 4 heterocycles. The number of piperidine rings is 1. The molecule has 0 spiro atoms. The number of nitrogens with two attached hydrogens (primary N) is 1. The summed E-state index contributed by atoms with van der Waals surface area (Å²) in [5.41, 5.74) is 11.2. The van der Waals surface area contributed by atoms with Crippen LogP contribution in [0.15, 0.2) is 41.5 Å². The molecule has 10 heteroatoms. The zero-order valence-electron chi connectivity index (χ0n) is 23.6. The third kappa shape index (κ3) is 5.82. The molecule has 0 bridgehead atoms. The van der Waals surface area contributed by atoms with E-state index in [-0.39, 0.29) is 29.4 Å². The first-order valence-corrected chi connectivity index (χ1v) is 13.9. The van der Waals surface area contributed by atoms with E-state index in [4.69, 9.17) is 10.7 Å². The largest absolute Gasteiger partial charge is 0.398 e. The summed E-state index contributed by atoms with van der Waals surface area (Å²) < 4.78 is 14.9. The predicted octanol–water partition coefficient (Wildman–Crippen LogP) is 4.30. The van der Waals surface area contributed by atoms with E-state index in [1.807, 2.05) is 36.9 Å². The zero-order valence-corrected chi connectivity index (χ0v) is 23.6. The molecule has 0 aliphatic carbocycles. The van der Waals surface area contributed by atoms with Gasteiger partial charge in [-0.1, -0.05) is 26.0 Å². The number of hydrogen-bond donors (Lipinski definition) is 2. The Bertz CT molecular complexity index is 1430. The Morgan fingerprint density at radius 3 is 2.65 bits per heavy atom. The lowest BCUT2D eigenvalue weighted by molar-refractivity contribution is -0.138. The number of nitrogens with one attached hydrogen (secondary N) is 1. The molecule has 2 aliphatic rings. The molecule has 40 heavy (non-hydrogen) atoms. The van der Waals surface area contributed by atoms with Crippen molar-refractivity contribution in [1.29, 1.82) is 0 Å². The van der Waals surface area contributed by atoms with Crippen LogP contribution in [0.3, 0.4) is 0 Å². The number of aliphatic imine (C=N–C) groups is 1. The summed E-state index contributed by atoms with van der Waals surface area (Å²) in [6.45, 7) is 7.25. The van der Waals surface area contributed by atoms with Crippen LogP contribution in [0.25, 0.3) is 11.3 Å². The Morgan fingerprint density at radius 1 is 1.15 bits per heavy atom. The lowest BCUT2D eigenvalue weighted by atomic mass is 9.94. The minimum absolute atomic E-state index is 0.111. The van der Waals surface area contributed by atoms with Crippen LogP contribution in [0.1, 0.15) is 43.5 Å². The maximum Gasteiger partial charge on any atom is 0.229 e. The number of likely N-dealkylation sites (tertiary alicyclic amines) is 1. The van der Waals surface area contributed by atoms with Gasteiger partial charge in [-0.2, -0.15) is 0 Å². The van der Waals surface area contributed by atoms with Crippen LogP contribution >= 0.6 is 0 Å². The van der Waals surface area contributed by atoms with Gasteiger partial charge in [0.05, 0.1) is 6.20 Å². The highest BCUT2D eigenvalue weighted by atomic mass is 19.1. The molecule has 3 N–H and O–H groups in total. The van der Waals surface area contributed by atoms with Gasteiger partial charge in [-0.25, -0.2) is 19.3 Å². The molecule has 0 radical (unpaired) electrons. The molecular weight excluding hydrogens is 507 g/mol. The Hall–Kier alpha value is -3.92. The molecule has 5 rings (SSSR count). The Balaban J connectivity index is 1.32. The van der Waals surface area contributed by atoms with E-state index in [1.54, 1.807) is 19.2 Å². The van der Waals surface area contributed by atoms with Crippen molar-refractivity contribution >= 4 is 29.1 Å². The van der Waals surface area contributed by atoms with Gasteiger partial charge in [0.1, 0.15) is 11.5 Å². The third-order valence-corrected chi connectivity index (χ3v) is 7.80. The van der Waals surface area contributed by atoms with Crippen molar-refractivity contribution in [2.24, 2.45) is 16.8 Å². The number of hydrogen-bond acceptors (Lipinski definition) is 8. The van der Waals surface area contributed by atoms with E-state index in [0.29, 0.717) is 36.6 Å². The van der Waals surface area contributed by atoms with Crippen LogP contribution in [-0.4, -0.2) is 70.1 Å². The van der Waals surface area contributed by atoms with E-state index in [1.165, 1.54) is 0 Å². The van der Waals surface area contributed by atoms with Gasteiger partial charge in [0.25, 0.3) is 0 Å². The number of fused-ring (bicyclic) bond motifs is 1. The predicted molar refractivity (Wildman–Crippen MR) is 156 cm³/mol. The van der Waals surface area contributed by atoms with Gasteiger partial charge in [-0.15, -0.1) is 0 Å². The third-order valence-electron chi connectivity index (χ3n) is 7.80. The van der Waals surface area contributed by atoms with Crippen molar-refractivity contribution < 1.29 is 9.18 Å². The number of carbonyl (C=O) groups is 1. The van der Waals surface area contributed by atoms with E-state index in [2.05, 4.69) is 32.2 Å². The van der Waals surface area contributed by atoms with Gasteiger partial charge in [-0.05, 0) is 62.7 Å². The summed E-state index contributed by atoms with van der Waals surface area (Å²) in [4.78, 5) is 35.1. The van der Waals surface area contributed by atoms with E-state index >= 15 is 0 Å². The molecular formula is C30H37FN8O. The molecule has 2 aliphatic heterocycles. The number of rotatable bonds is 6. The number of aromatic nitrogens is 3. The van der Waals surface area contributed by atoms with Crippen LogP contribution < -0.4 is 11.1 Å². The van der Waals surface area contributed by atoms with E-state index in [9.17, 15) is 9.18 Å². The Labute approximate surface area is 234 Å². The summed E-state index contributed by atoms with van der Waals surface area (Å²) >= 11 is 0. The fraction of sp³-hybridized carbons (Fsp3) is 0.433. The number of anilines is 3. The molecule has 210 valence electrons. The van der Waals surface area contributed by atoms with Crippen LogP contribution in [0.2, 0.25) is 0 Å². The topological polar surface area (TPSA) is 113 Å². The quantitative estimate of drug-likeness (QED) is 0.351. The molecule has 1 amide bonds. The van der Waals surface area contributed by atoms with Gasteiger partial charge >= 0.3 is 0 Å². The molecule has 9 nitrogen and oxygen atoms in total. The number of pyridine rings is 1. The minimum atomic E-state index is -0.534. The van der Waals surface area contributed by atoms with Crippen LogP contribution in [0.5, 0.6) is 0 Å². The lowest BCUT2D eigenvalue weighted by Crippen LogP contribution is -2.43. The van der Waals surface area contributed by atoms with Crippen molar-refractivity contribution in [2.45, 2.75) is 39.7 Å². The van der Waals surface area contributed by atoms with Crippen LogP contribution in [0.4, 0.5) is 21.8 Å². The molecule has 0 saturated carbocycles. The number of halogens is 1. The lowest BCUT2D eigenvalue weighted by Gasteiger charge is -2.34. The molecule has 3 aromatic rings. The number of carbonyl (C=O) groups excluding carboxylic acids is 1. The highest BCUT2D eigenvalue weighted by Gasteiger charge is 2.30. The first-order valence-electron chi connectivity index (χ1n) is 13.9. The number of amides is 1. The highest BCUT2D eigenvalue weighted by molar-refractivity contribution is 6.06. The van der Waals surface area contributed by atoms with Crippen molar-refractivity contribution in [3.05, 3.63) is 59.2 Å². The summed E-state index contributed by atoms with van der Waals surface area (Å²) in [6, 6.07) is 9.16. The normalized spacial score (nSPS) is 16.8. The van der Waals surface area contributed by atoms with Gasteiger partial charge in [0, 0.05) is 60.7 Å². The summed E-state index contributed by atoms with van der Waals surface area (Å²) in [7, 11) is 3.83. The first-order chi connectivity index (χ1) is 19.2. The second kappa shape index (κ2) is 11.7. The summed E-state index contributed by atoms with van der Waals surface area (Å²) in [5, 5.41) is 3.13. The first kappa shape index (κ1) is 27.6. The zero-order chi connectivity index (χ0) is 28.4. The monoisotopic (exact) mass is 544 g/mol. The smallest absolute Gasteiger partial charge is 0.229 e. The second-order valence-corrected chi connectivity index (χ2v) is 11.0. The summed E-state index contributed by atoms with van der Waals surface area (Å²) in [6.07, 6.45) is 3.68. The van der Waals surface area contributed by atoms with Gasteiger partial charge in [-0.3, -0.25) is 9.79 Å². The Kier molecular flexibility index (Phi) is 8.07. The highest BCUT2D eigenvalue weighted by Crippen LogP contribution is 2.29. The average Bonchev–Trinajstić information content (AvgIpc) is 2.95. The SMILES string of the molecule is CN=C(c1cc(-c2nc(Nc3ccc4c(n3)CCN(C(=O)C3CCN(C)CC3)C4)ncc2F)ccc1N)C(C)C. The van der Waals surface area contributed by atoms with Crippen molar-refractivity contribution in [3.8, 4) is 11.3 Å². The van der Waals surface area contributed by atoms with Crippen LogP contribution in [-0.2, 0) is 17.8 Å². The number of benzene rings is 1. The Morgan fingerprint density at radius 2 is 1.93 bits per heavy atom. The number of nitrogen functional groups attached to an aromatic ring is 1. The molecule has 2 aromatic heterocycles. The molecule has 0 atom stereocenters. The second-order valence-electron chi connectivity index (χ2n) is 11.0.